The van der Waals surface area contributed by atoms with Crippen LogP contribution in [0.3, 0.4) is 0 Å². The summed E-state index contributed by atoms with van der Waals surface area (Å²) in [5.41, 5.74) is 0.830. The smallest absolute Gasteiger partial charge is 0.308 e. The quantitative estimate of drug-likeness (QED) is 0.762. The number of nitrogens with zero attached hydrogens (tertiary/aromatic N) is 1. The van der Waals surface area contributed by atoms with Gasteiger partial charge in [-0.2, -0.15) is 0 Å². The zero-order valence-corrected chi connectivity index (χ0v) is 15.2. The molecule has 0 saturated heterocycles. The van der Waals surface area contributed by atoms with Crippen LogP contribution in [-0.2, 0) is 20.9 Å². The second-order valence-corrected chi connectivity index (χ2v) is 7.25. The third kappa shape index (κ3) is 5.47. The maximum Gasteiger partial charge on any atom is 0.308 e. The Morgan fingerprint density at radius 3 is 2.71 bits per heavy atom. The average molecular weight is 354 g/mol. The number of aryl methyl sites for hydroxylation is 1. The highest BCUT2D eigenvalue weighted by Gasteiger charge is 2.20. The first-order valence-corrected chi connectivity index (χ1v) is 9.47. The molecule has 1 fully saturated rings. The Balaban J connectivity index is 1.70. The lowest BCUT2D eigenvalue weighted by molar-refractivity contribution is -0.155. The lowest BCUT2D eigenvalue weighted by Crippen LogP contribution is -2.38. The summed E-state index contributed by atoms with van der Waals surface area (Å²) >= 11 is 1.11. The monoisotopic (exact) mass is 354 g/mol. The minimum atomic E-state index is -0.804. The summed E-state index contributed by atoms with van der Waals surface area (Å²) in [4.78, 5) is 35.4. The average Bonchev–Trinajstić information content (AvgIpc) is 2.90. The summed E-state index contributed by atoms with van der Waals surface area (Å²) in [7, 11) is 0. The molecule has 24 heavy (non-hydrogen) atoms. The van der Waals surface area contributed by atoms with Crippen molar-refractivity contribution in [2.75, 3.05) is 6.54 Å². The molecule has 1 aromatic heterocycles. The third-order valence-corrected chi connectivity index (χ3v) is 5.36. The van der Waals surface area contributed by atoms with Gasteiger partial charge in [0.1, 0.15) is 0 Å². The van der Waals surface area contributed by atoms with E-state index in [4.69, 9.17) is 4.74 Å². The zero-order chi connectivity index (χ0) is 17.5. The molecule has 6 nitrogen and oxygen atoms in total. The summed E-state index contributed by atoms with van der Waals surface area (Å²) in [6, 6.07) is 0. The van der Waals surface area contributed by atoms with Gasteiger partial charge >= 0.3 is 10.8 Å². The van der Waals surface area contributed by atoms with E-state index in [0.29, 0.717) is 12.5 Å². The van der Waals surface area contributed by atoms with Crippen molar-refractivity contribution in [1.29, 1.82) is 0 Å². The van der Waals surface area contributed by atoms with Crippen LogP contribution in [0.15, 0.2) is 10.2 Å². The van der Waals surface area contributed by atoms with Crippen LogP contribution in [-0.4, -0.2) is 29.1 Å². The second-order valence-electron chi connectivity index (χ2n) is 6.43. The number of esters is 1. The first kappa shape index (κ1) is 18.7. The Kier molecular flexibility index (Phi) is 7.02. The van der Waals surface area contributed by atoms with Crippen molar-refractivity contribution in [3.63, 3.8) is 0 Å². The van der Waals surface area contributed by atoms with Gasteiger partial charge in [-0.1, -0.05) is 30.6 Å². The highest BCUT2D eigenvalue weighted by Crippen LogP contribution is 2.22. The largest absolute Gasteiger partial charge is 0.452 e. The van der Waals surface area contributed by atoms with Crippen LogP contribution >= 0.6 is 11.3 Å². The molecule has 1 N–H and O–H groups in total. The lowest BCUT2D eigenvalue weighted by Gasteiger charge is -2.22. The van der Waals surface area contributed by atoms with E-state index in [0.717, 1.165) is 29.9 Å². The second kappa shape index (κ2) is 9.01. The molecule has 0 aromatic carbocycles. The van der Waals surface area contributed by atoms with E-state index in [-0.39, 0.29) is 23.7 Å². The molecule has 2 rings (SSSR count). The Hall–Kier alpha value is -1.63. The van der Waals surface area contributed by atoms with Crippen molar-refractivity contribution in [2.45, 2.75) is 65.0 Å². The molecule has 1 heterocycles. The summed E-state index contributed by atoms with van der Waals surface area (Å²) in [6.07, 6.45) is 5.33. The Morgan fingerprint density at radius 1 is 1.38 bits per heavy atom. The number of aromatic nitrogens is 1. The van der Waals surface area contributed by atoms with Gasteiger partial charge in [-0.25, -0.2) is 0 Å². The Morgan fingerprint density at radius 2 is 2.08 bits per heavy atom. The minimum absolute atomic E-state index is 0.0811. The molecule has 1 aromatic rings. The first-order valence-electron chi connectivity index (χ1n) is 8.59. The van der Waals surface area contributed by atoms with E-state index >= 15 is 0 Å². The molecular formula is C17H26N2O4S. The predicted molar refractivity (Wildman–Crippen MR) is 93.1 cm³/mol. The summed E-state index contributed by atoms with van der Waals surface area (Å²) < 4.78 is 6.71. The minimum Gasteiger partial charge on any atom is -0.452 e. The highest BCUT2D eigenvalue weighted by atomic mass is 32.1. The molecule has 7 heteroatoms. The number of rotatable bonds is 7. The van der Waals surface area contributed by atoms with E-state index < -0.39 is 12.1 Å². The van der Waals surface area contributed by atoms with Crippen LogP contribution in [0.25, 0.3) is 0 Å². The fourth-order valence-corrected chi connectivity index (χ4v) is 3.73. The van der Waals surface area contributed by atoms with Crippen LogP contribution in [0.2, 0.25) is 0 Å². The molecule has 1 atom stereocenters. The van der Waals surface area contributed by atoms with Gasteiger partial charge in [-0.3, -0.25) is 14.4 Å². The molecule has 1 saturated carbocycles. The van der Waals surface area contributed by atoms with Crippen molar-refractivity contribution >= 4 is 23.2 Å². The topological polar surface area (TPSA) is 77.4 Å². The van der Waals surface area contributed by atoms with E-state index in [1.807, 2.05) is 6.92 Å². The number of hydrogen-bond donors (Lipinski definition) is 1. The standard InChI is InChI=1S/C17H26N2O4S/c1-12-11-24-17(22)19(12)9-8-15(20)23-13(2)16(21)18-10-14-6-4-3-5-7-14/h11,13-14H,3-10H2,1-2H3,(H,18,21)/t13-/m1/s1. The van der Waals surface area contributed by atoms with Crippen LogP contribution < -0.4 is 10.2 Å². The SMILES string of the molecule is Cc1csc(=O)n1CCC(=O)O[C@H](C)C(=O)NCC1CCCCC1. The molecule has 1 aliphatic rings. The van der Waals surface area contributed by atoms with Gasteiger partial charge in [0.2, 0.25) is 0 Å². The molecule has 0 aliphatic heterocycles. The lowest BCUT2D eigenvalue weighted by atomic mass is 9.89. The van der Waals surface area contributed by atoms with Gasteiger partial charge in [-0.05, 0) is 32.6 Å². The number of thiazole rings is 1. The fourth-order valence-electron chi connectivity index (χ4n) is 2.97. The molecule has 0 radical (unpaired) electrons. The summed E-state index contributed by atoms with van der Waals surface area (Å²) in [6.45, 7) is 4.34. The molecule has 0 bridgehead atoms. The molecule has 1 amide bonds. The van der Waals surface area contributed by atoms with Gasteiger partial charge < -0.3 is 14.6 Å². The van der Waals surface area contributed by atoms with E-state index in [2.05, 4.69) is 5.32 Å². The molecule has 0 unspecified atom stereocenters. The van der Waals surface area contributed by atoms with Gasteiger partial charge in [0.25, 0.3) is 5.91 Å². The Bertz CT molecular complexity index is 616. The van der Waals surface area contributed by atoms with Crippen LogP contribution in [0.1, 0.15) is 51.1 Å². The number of amides is 1. The van der Waals surface area contributed by atoms with Crippen LogP contribution in [0.5, 0.6) is 0 Å². The van der Waals surface area contributed by atoms with E-state index in [9.17, 15) is 14.4 Å². The number of ether oxygens (including phenoxy) is 1. The molecular weight excluding hydrogens is 328 g/mol. The maximum absolute atomic E-state index is 12.0. The van der Waals surface area contributed by atoms with Crippen molar-refractivity contribution in [2.24, 2.45) is 5.92 Å². The van der Waals surface area contributed by atoms with Crippen LogP contribution in [0, 0.1) is 12.8 Å². The zero-order valence-electron chi connectivity index (χ0n) is 14.4. The number of carbonyl (C=O) groups excluding carboxylic acids is 2. The fraction of sp³-hybridized carbons (Fsp3) is 0.706. The van der Waals surface area contributed by atoms with Gasteiger partial charge in [0.15, 0.2) is 6.10 Å². The van der Waals surface area contributed by atoms with Gasteiger partial charge in [0, 0.05) is 24.2 Å². The van der Waals surface area contributed by atoms with Gasteiger partial charge in [0.05, 0.1) is 6.42 Å². The van der Waals surface area contributed by atoms with Crippen molar-refractivity contribution in [3.8, 4) is 0 Å². The number of hydrogen-bond acceptors (Lipinski definition) is 5. The summed E-state index contributed by atoms with van der Waals surface area (Å²) in [5.74, 6) is -0.176. The van der Waals surface area contributed by atoms with E-state index in [1.54, 1.807) is 16.9 Å². The Labute approximate surface area is 146 Å². The first-order chi connectivity index (χ1) is 11.5. The van der Waals surface area contributed by atoms with Gasteiger partial charge in [-0.15, -0.1) is 0 Å². The van der Waals surface area contributed by atoms with Crippen molar-refractivity contribution < 1.29 is 14.3 Å². The maximum atomic E-state index is 12.0. The molecule has 0 spiro atoms. The van der Waals surface area contributed by atoms with E-state index in [1.165, 1.54) is 19.3 Å². The van der Waals surface area contributed by atoms with Crippen molar-refractivity contribution in [1.82, 2.24) is 9.88 Å². The van der Waals surface area contributed by atoms with Crippen LogP contribution in [0.4, 0.5) is 0 Å². The third-order valence-electron chi connectivity index (χ3n) is 4.48. The van der Waals surface area contributed by atoms with Crippen molar-refractivity contribution in [3.05, 3.63) is 20.7 Å². The molecule has 1 aliphatic carbocycles. The predicted octanol–water partition coefficient (Wildman–Crippen LogP) is 2.24. The molecule has 134 valence electrons. The number of carbonyl (C=O) groups is 2. The highest BCUT2D eigenvalue weighted by molar-refractivity contribution is 7.07. The number of nitrogens with one attached hydrogen (secondary N) is 1. The summed E-state index contributed by atoms with van der Waals surface area (Å²) in [5, 5.41) is 4.63. The normalized spacial score (nSPS) is 16.6.